The minimum atomic E-state index is -0.478. The maximum absolute atomic E-state index is 10.5. The van der Waals surface area contributed by atoms with E-state index in [-0.39, 0.29) is 0 Å². The Hall–Kier alpha value is -0.0800. The Morgan fingerprint density at radius 1 is 1.36 bits per heavy atom. The molecule has 14 heavy (non-hydrogen) atoms. The van der Waals surface area contributed by atoms with E-state index >= 15 is 0 Å². The fourth-order valence-electron chi connectivity index (χ4n) is 2.86. The highest BCUT2D eigenvalue weighted by atomic mass is 16.3. The summed E-state index contributed by atoms with van der Waals surface area (Å²) in [5.74, 6) is 0.300. The molecule has 1 aliphatic rings. The van der Waals surface area contributed by atoms with Gasteiger partial charge in [-0.15, -0.1) is 0 Å². The number of nitrogens with two attached hydrogens (primary N) is 1. The summed E-state index contributed by atoms with van der Waals surface area (Å²) in [6, 6.07) is 0. The smallest absolute Gasteiger partial charge is 0.0693 e. The summed E-state index contributed by atoms with van der Waals surface area (Å²) >= 11 is 0. The highest BCUT2D eigenvalue weighted by molar-refractivity contribution is 4.98. The molecule has 0 aromatic carbocycles. The second-order valence-electron chi connectivity index (χ2n) is 5.67. The quantitative estimate of drug-likeness (QED) is 0.730. The van der Waals surface area contributed by atoms with E-state index in [1.807, 2.05) is 0 Å². The van der Waals surface area contributed by atoms with E-state index in [0.717, 1.165) is 32.1 Å². The lowest BCUT2D eigenvalue weighted by Crippen LogP contribution is -2.40. The molecule has 2 atom stereocenters. The van der Waals surface area contributed by atoms with Gasteiger partial charge in [0.05, 0.1) is 5.60 Å². The van der Waals surface area contributed by atoms with E-state index in [2.05, 4.69) is 20.8 Å². The highest BCUT2D eigenvalue weighted by Gasteiger charge is 2.45. The van der Waals surface area contributed by atoms with Crippen molar-refractivity contribution in [2.75, 3.05) is 6.54 Å². The average molecular weight is 199 g/mol. The number of hydrogen-bond acceptors (Lipinski definition) is 2. The van der Waals surface area contributed by atoms with Gasteiger partial charge in [-0.3, -0.25) is 0 Å². The standard InChI is InChI=1S/C12H25NO/c1-4-5-10(8-13)12(14)7-6-11(2,3)9-12/h10,14H,4-9,13H2,1-3H3. The van der Waals surface area contributed by atoms with Gasteiger partial charge in [-0.1, -0.05) is 27.2 Å². The Morgan fingerprint density at radius 3 is 2.36 bits per heavy atom. The molecule has 1 rings (SSSR count). The van der Waals surface area contributed by atoms with Gasteiger partial charge in [0.15, 0.2) is 0 Å². The third-order valence-corrected chi connectivity index (χ3v) is 3.70. The van der Waals surface area contributed by atoms with E-state index in [1.165, 1.54) is 0 Å². The molecule has 0 aromatic heterocycles. The van der Waals surface area contributed by atoms with Gasteiger partial charge in [-0.25, -0.2) is 0 Å². The van der Waals surface area contributed by atoms with E-state index < -0.39 is 5.60 Å². The lowest BCUT2D eigenvalue weighted by molar-refractivity contribution is -0.0205. The van der Waals surface area contributed by atoms with E-state index in [9.17, 15) is 5.11 Å². The maximum Gasteiger partial charge on any atom is 0.0693 e. The van der Waals surface area contributed by atoms with Crippen molar-refractivity contribution in [3.63, 3.8) is 0 Å². The second-order valence-corrected chi connectivity index (χ2v) is 5.67. The number of aliphatic hydroxyl groups is 1. The first-order chi connectivity index (χ1) is 6.43. The Bertz CT molecular complexity index is 191. The van der Waals surface area contributed by atoms with Crippen LogP contribution in [0.2, 0.25) is 0 Å². The lowest BCUT2D eigenvalue weighted by atomic mass is 9.80. The van der Waals surface area contributed by atoms with Crippen LogP contribution in [0.4, 0.5) is 0 Å². The Morgan fingerprint density at radius 2 is 2.00 bits per heavy atom. The van der Waals surface area contributed by atoms with Crippen LogP contribution in [0.1, 0.15) is 52.9 Å². The molecule has 2 unspecified atom stereocenters. The number of rotatable bonds is 4. The van der Waals surface area contributed by atoms with Crippen LogP contribution in [-0.2, 0) is 0 Å². The summed E-state index contributed by atoms with van der Waals surface area (Å²) in [4.78, 5) is 0. The fraction of sp³-hybridized carbons (Fsp3) is 1.00. The summed E-state index contributed by atoms with van der Waals surface area (Å²) in [5, 5.41) is 10.5. The van der Waals surface area contributed by atoms with Gasteiger partial charge < -0.3 is 10.8 Å². The lowest BCUT2D eigenvalue weighted by Gasteiger charge is -2.33. The first-order valence-electron chi connectivity index (χ1n) is 5.86. The van der Waals surface area contributed by atoms with Gasteiger partial charge in [-0.2, -0.15) is 0 Å². The summed E-state index contributed by atoms with van der Waals surface area (Å²) < 4.78 is 0. The van der Waals surface area contributed by atoms with E-state index in [1.54, 1.807) is 0 Å². The van der Waals surface area contributed by atoms with Crippen LogP contribution in [0.25, 0.3) is 0 Å². The van der Waals surface area contributed by atoms with Crippen molar-refractivity contribution in [2.45, 2.75) is 58.5 Å². The van der Waals surface area contributed by atoms with Crippen LogP contribution in [0.3, 0.4) is 0 Å². The SMILES string of the molecule is CCCC(CN)C1(O)CCC(C)(C)C1. The highest BCUT2D eigenvalue weighted by Crippen LogP contribution is 2.47. The van der Waals surface area contributed by atoms with Crippen molar-refractivity contribution >= 4 is 0 Å². The van der Waals surface area contributed by atoms with Gasteiger partial charge in [0.25, 0.3) is 0 Å². The molecule has 3 N–H and O–H groups in total. The van der Waals surface area contributed by atoms with Crippen molar-refractivity contribution in [3.8, 4) is 0 Å². The van der Waals surface area contributed by atoms with Crippen molar-refractivity contribution < 1.29 is 5.11 Å². The third-order valence-electron chi connectivity index (χ3n) is 3.70. The molecule has 0 radical (unpaired) electrons. The molecule has 0 heterocycles. The second kappa shape index (κ2) is 4.19. The van der Waals surface area contributed by atoms with E-state index in [0.29, 0.717) is 17.9 Å². The Balaban J connectivity index is 2.65. The molecule has 1 fully saturated rings. The molecule has 0 saturated heterocycles. The largest absolute Gasteiger partial charge is 0.390 e. The molecule has 1 saturated carbocycles. The van der Waals surface area contributed by atoms with Crippen LogP contribution in [0.15, 0.2) is 0 Å². The van der Waals surface area contributed by atoms with Gasteiger partial charge in [0.2, 0.25) is 0 Å². The average Bonchev–Trinajstić information content (AvgIpc) is 2.37. The number of hydrogen-bond donors (Lipinski definition) is 2. The Labute approximate surface area is 87.9 Å². The summed E-state index contributed by atoms with van der Waals surface area (Å²) in [7, 11) is 0. The first kappa shape index (κ1) is 12.0. The molecular formula is C12H25NO. The molecule has 0 bridgehead atoms. The minimum absolute atomic E-state index is 0.300. The third kappa shape index (κ3) is 2.48. The van der Waals surface area contributed by atoms with Crippen LogP contribution in [0, 0.1) is 11.3 Å². The minimum Gasteiger partial charge on any atom is -0.390 e. The maximum atomic E-state index is 10.5. The van der Waals surface area contributed by atoms with Gasteiger partial charge >= 0.3 is 0 Å². The molecule has 2 heteroatoms. The molecule has 0 aliphatic heterocycles. The summed E-state index contributed by atoms with van der Waals surface area (Å²) in [6.45, 7) is 7.27. The van der Waals surface area contributed by atoms with Crippen LogP contribution < -0.4 is 5.73 Å². The topological polar surface area (TPSA) is 46.2 Å². The zero-order valence-electron chi connectivity index (χ0n) is 9.84. The van der Waals surface area contributed by atoms with Gasteiger partial charge in [-0.05, 0) is 43.6 Å². The zero-order valence-corrected chi connectivity index (χ0v) is 9.84. The molecule has 1 aliphatic carbocycles. The van der Waals surface area contributed by atoms with Crippen molar-refractivity contribution in [1.82, 2.24) is 0 Å². The Kier molecular flexibility index (Phi) is 3.59. The van der Waals surface area contributed by atoms with Gasteiger partial charge in [0.1, 0.15) is 0 Å². The first-order valence-corrected chi connectivity index (χ1v) is 5.86. The van der Waals surface area contributed by atoms with Gasteiger partial charge in [0, 0.05) is 0 Å². The predicted octanol–water partition coefficient (Wildman–Crippen LogP) is 2.30. The van der Waals surface area contributed by atoms with Crippen molar-refractivity contribution in [2.24, 2.45) is 17.1 Å². The molecule has 0 spiro atoms. The molecule has 84 valence electrons. The summed E-state index contributed by atoms with van der Waals surface area (Å²) in [6.07, 6.45) is 5.15. The molecule has 0 amide bonds. The molecule has 0 aromatic rings. The van der Waals surface area contributed by atoms with Crippen molar-refractivity contribution in [1.29, 1.82) is 0 Å². The molecular weight excluding hydrogens is 174 g/mol. The van der Waals surface area contributed by atoms with Crippen LogP contribution in [-0.4, -0.2) is 17.3 Å². The van der Waals surface area contributed by atoms with E-state index in [4.69, 9.17) is 5.73 Å². The zero-order chi connectivity index (χ0) is 10.8. The van der Waals surface area contributed by atoms with Crippen molar-refractivity contribution in [3.05, 3.63) is 0 Å². The van der Waals surface area contributed by atoms with Crippen LogP contribution in [0.5, 0.6) is 0 Å². The predicted molar refractivity (Wildman–Crippen MR) is 60.0 cm³/mol. The fourth-order valence-corrected chi connectivity index (χ4v) is 2.86. The summed E-state index contributed by atoms with van der Waals surface area (Å²) in [5.41, 5.74) is 5.58. The van der Waals surface area contributed by atoms with Crippen LogP contribution >= 0.6 is 0 Å². The normalized spacial score (nSPS) is 33.2. The molecule has 2 nitrogen and oxygen atoms in total. The monoisotopic (exact) mass is 199 g/mol.